The molecule has 0 fully saturated rings. The van der Waals surface area contributed by atoms with Gasteiger partial charge in [0.1, 0.15) is 5.82 Å². The molecule has 104 valence electrons. The summed E-state index contributed by atoms with van der Waals surface area (Å²) in [6, 6.07) is 5.57. The number of benzene rings is 1. The molecule has 0 unspecified atom stereocenters. The van der Waals surface area contributed by atoms with Crippen LogP contribution in [0.4, 0.5) is 4.39 Å². The number of halogens is 1. The van der Waals surface area contributed by atoms with Gasteiger partial charge in [-0.05, 0) is 37.1 Å². The van der Waals surface area contributed by atoms with E-state index in [2.05, 4.69) is 5.32 Å². The number of rotatable bonds is 7. The van der Waals surface area contributed by atoms with Gasteiger partial charge in [-0.3, -0.25) is 9.59 Å². The first kappa shape index (κ1) is 15.3. The van der Waals surface area contributed by atoms with Crippen molar-refractivity contribution in [1.29, 1.82) is 0 Å². The first-order chi connectivity index (χ1) is 9.00. The molecule has 0 aliphatic heterocycles. The molecule has 4 heteroatoms. The maximum atomic E-state index is 12.7. The number of Topliss-reactive ketones (excluding diaryl/α,β-unsaturated/α-hetero) is 1. The van der Waals surface area contributed by atoms with Crippen LogP contribution in [0.25, 0.3) is 0 Å². The molecule has 0 saturated carbocycles. The van der Waals surface area contributed by atoms with Crippen LogP contribution < -0.4 is 5.32 Å². The lowest BCUT2D eigenvalue weighted by Gasteiger charge is -2.07. The van der Waals surface area contributed by atoms with Crippen LogP contribution in [0.15, 0.2) is 24.3 Å². The Bertz CT molecular complexity index is 426. The summed E-state index contributed by atoms with van der Waals surface area (Å²) >= 11 is 0. The second-order valence-electron chi connectivity index (χ2n) is 4.83. The molecule has 0 saturated heterocycles. The fourth-order valence-electron chi connectivity index (χ4n) is 1.61. The largest absolute Gasteiger partial charge is 0.356 e. The molecule has 0 spiro atoms. The third kappa shape index (κ3) is 5.64. The molecule has 3 nitrogen and oxygen atoms in total. The van der Waals surface area contributed by atoms with Crippen molar-refractivity contribution in [3.63, 3.8) is 0 Å². The average Bonchev–Trinajstić information content (AvgIpc) is 2.38. The molecule has 0 heterocycles. The van der Waals surface area contributed by atoms with E-state index in [1.807, 2.05) is 13.8 Å². The fraction of sp³-hybridized carbons (Fsp3) is 0.467. The lowest BCUT2D eigenvalue weighted by atomic mass is 10.1. The number of hydrogen-bond acceptors (Lipinski definition) is 2. The zero-order valence-electron chi connectivity index (χ0n) is 11.4. The lowest BCUT2D eigenvalue weighted by molar-refractivity contribution is -0.123. The van der Waals surface area contributed by atoms with E-state index in [1.54, 1.807) is 0 Å². The third-order valence-corrected chi connectivity index (χ3v) is 2.82. The van der Waals surface area contributed by atoms with Crippen molar-refractivity contribution in [3.05, 3.63) is 35.6 Å². The molecular weight excluding hydrogens is 245 g/mol. The van der Waals surface area contributed by atoms with Gasteiger partial charge < -0.3 is 5.32 Å². The minimum absolute atomic E-state index is 0.00943. The summed E-state index contributed by atoms with van der Waals surface area (Å²) in [5.41, 5.74) is 0.535. The third-order valence-electron chi connectivity index (χ3n) is 2.82. The van der Waals surface area contributed by atoms with E-state index < -0.39 is 0 Å². The van der Waals surface area contributed by atoms with Crippen molar-refractivity contribution in [2.45, 2.75) is 33.1 Å². The molecule has 1 rings (SSSR count). The molecule has 0 aromatic heterocycles. The number of hydrogen-bond donors (Lipinski definition) is 1. The quantitative estimate of drug-likeness (QED) is 0.608. The van der Waals surface area contributed by atoms with Crippen LogP contribution in [0, 0.1) is 11.7 Å². The van der Waals surface area contributed by atoms with E-state index in [0.717, 1.165) is 6.42 Å². The molecule has 1 aromatic rings. The van der Waals surface area contributed by atoms with Crippen LogP contribution in [0.5, 0.6) is 0 Å². The number of ketones is 1. The maximum absolute atomic E-state index is 12.7. The minimum Gasteiger partial charge on any atom is -0.356 e. The van der Waals surface area contributed by atoms with Gasteiger partial charge in [-0.25, -0.2) is 4.39 Å². The van der Waals surface area contributed by atoms with Crippen molar-refractivity contribution < 1.29 is 14.0 Å². The van der Waals surface area contributed by atoms with Crippen LogP contribution in [0.2, 0.25) is 0 Å². The number of nitrogens with one attached hydrogen (secondary N) is 1. The zero-order chi connectivity index (χ0) is 14.3. The van der Waals surface area contributed by atoms with E-state index >= 15 is 0 Å². The van der Waals surface area contributed by atoms with Crippen LogP contribution in [-0.2, 0) is 4.79 Å². The Labute approximate surface area is 113 Å². The lowest BCUT2D eigenvalue weighted by Crippen LogP contribution is -2.28. The Morgan fingerprint density at radius 2 is 1.79 bits per heavy atom. The molecule has 0 aliphatic rings. The molecule has 0 bridgehead atoms. The van der Waals surface area contributed by atoms with Crippen LogP contribution in [0.3, 0.4) is 0 Å². The molecular formula is C15H20FNO2. The van der Waals surface area contributed by atoms with Gasteiger partial charge in [0.2, 0.25) is 5.91 Å². The highest BCUT2D eigenvalue weighted by atomic mass is 19.1. The molecule has 1 amide bonds. The molecule has 1 N–H and O–H groups in total. The van der Waals surface area contributed by atoms with Crippen LogP contribution in [0.1, 0.15) is 43.5 Å². The monoisotopic (exact) mass is 265 g/mol. The topological polar surface area (TPSA) is 46.2 Å². The molecule has 1 aromatic carbocycles. The van der Waals surface area contributed by atoms with Gasteiger partial charge in [0.05, 0.1) is 0 Å². The van der Waals surface area contributed by atoms with E-state index in [9.17, 15) is 14.0 Å². The summed E-state index contributed by atoms with van der Waals surface area (Å²) in [7, 11) is 0. The van der Waals surface area contributed by atoms with Gasteiger partial charge in [0, 0.05) is 24.4 Å². The average molecular weight is 265 g/mol. The summed E-state index contributed by atoms with van der Waals surface area (Å²) in [4.78, 5) is 23.0. The van der Waals surface area contributed by atoms with Crippen molar-refractivity contribution in [2.24, 2.45) is 5.92 Å². The molecule has 0 radical (unpaired) electrons. The van der Waals surface area contributed by atoms with E-state index in [4.69, 9.17) is 0 Å². The SMILES string of the molecule is CC(C)C(=O)NCCCCC(=O)c1ccc(F)cc1. The van der Waals surface area contributed by atoms with Crippen molar-refractivity contribution in [1.82, 2.24) is 5.32 Å². The highest BCUT2D eigenvalue weighted by Gasteiger charge is 2.07. The van der Waals surface area contributed by atoms with E-state index in [1.165, 1.54) is 24.3 Å². The number of amides is 1. The fourth-order valence-corrected chi connectivity index (χ4v) is 1.61. The highest BCUT2D eigenvalue weighted by Crippen LogP contribution is 2.08. The summed E-state index contributed by atoms with van der Waals surface area (Å²) < 4.78 is 12.7. The maximum Gasteiger partial charge on any atom is 0.222 e. The highest BCUT2D eigenvalue weighted by molar-refractivity contribution is 5.95. The predicted molar refractivity (Wildman–Crippen MR) is 72.4 cm³/mol. The van der Waals surface area contributed by atoms with E-state index in [0.29, 0.717) is 24.9 Å². The van der Waals surface area contributed by atoms with Gasteiger partial charge in [-0.2, -0.15) is 0 Å². The Hall–Kier alpha value is -1.71. The Kier molecular flexibility index (Phi) is 6.19. The molecule has 19 heavy (non-hydrogen) atoms. The Balaban J connectivity index is 2.21. The second kappa shape index (κ2) is 7.67. The van der Waals surface area contributed by atoms with Crippen molar-refractivity contribution in [3.8, 4) is 0 Å². The summed E-state index contributed by atoms with van der Waals surface area (Å²) in [6.07, 6.45) is 1.91. The van der Waals surface area contributed by atoms with Gasteiger partial charge in [-0.1, -0.05) is 13.8 Å². The summed E-state index contributed by atoms with van der Waals surface area (Å²) in [5.74, 6) is -0.311. The molecule has 0 aliphatic carbocycles. The van der Waals surface area contributed by atoms with E-state index in [-0.39, 0.29) is 23.4 Å². The van der Waals surface area contributed by atoms with Crippen LogP contribution in [-0.4, -0.2) is 18.2 Å². The predicted octanol–water partition coefficient (Wildman–Crippen LogP) is 2.95. The number of unbranched alkanes of at least 4 members (excludes halogenated alkanes) is 1. The number of carbonyl (C=O) groups is 2. The Morgan fingerprint density at radius 3 is 2.37 bits per heavy atom. The second-order valence-corrected chi connectivity index (χ2v) is 4.83. The number of carbonyl (C=O) groups excluding carboxylic acids is 2. The van der Waals surface area contributed by atoms with Crippen molar-refractivity contribution >= 4 is 11.7 Å². The van der Waals surface area contributed by atoms with Gasteiger partial charge in [-0.15, -0.1) is 0 Å². The normalized spacial score (nSPS) is 10.5. The Morgan fingerprint density at radius 1 is 1.16 bits per heavy atom. The molecule has 0 atom stereocenters. The van der Waals surface area contributed by atoms with Gasteiger partial charge in [0.25, 0.3) is 0 Å². The van der Waals surface area contributed by atoms with Crippen LogP contribution >= 0.6 is 0 Å². The van der Waals surface area contributed by atoms with Crippen molar-refractivity contribution in [2.75, 3.05) is 6.54 Å². The first-order valence-corrected chi connectivity index (χ1v) is 6.57. The smallest absolute Gasteiger partial charge is 0.222 e. The summed E-state index contributed by atoms with van der Waals surface area (Å²) in [6.45, 7) is 4.27. The first-order valence-electron chi connectivity index (χ1n) is 6.57. The zero-order valence-corrected chi connectivity index (χ0v) is 11.4. The standard InChI is InChI=1S/C15H20FNO2/c1-11(2)15(19)17-10-4-3-5-14(18)12-6-8-13(16)9-7-12/h6-9,11H,3-5,10H2,1-2H3,(H,17,19). The minimum atomic E-state index is -0.340. The summed E-state index contributed by atoms with van der Waals surface area (Å²) in [5, 5.41) is 2.80. The van der Waals surface area contributed by atoms with Gasteiger partial charge in [0.15, 0.2) is 5.78 Å². The van der Waals surface area contributed by atoms with Gasteiger partial charge >= 0.3 is 0 Å².